The molecule has 3 aliphatic rings. The zero-order chi connectivity index (χ0) is 23.9. The molecule has 176 valence electrons. The van der Waals surface area contributed by atoms with E-state index in [9.17, 15) is 19.2 Å². The van der Waals surface area contributed by atoms with Gasteiger partial charge in [0.05, 0.1) is 11.2 Å². The Morgan fingerprint density at radius 3 is 2.34 bits per heavy atom. The number of rotatable bonds is 5. The van der Waals surface area contributed by atoms with Crippen LogP contribution in [0.1, 0.15) is 53.9 Å². The van der Waals surface area contributed by atoms with E-state index < -0.39 is 47.0 Å². The molecule has 0 amide bonds. The maximum absolute atomic E-state index is 12.7. The van der Waals surface area contributed by atoms with Gasteiger partial charge < -0.3 is 28.4 Å². The lowest BCUT2D eigenvalue weighted by Crippen LogP contribution is -2.58. The molecule has 4 atom stereocenters. The summed E-state index contributed by atoms with van der Waals surface area (Å²) in [6.07, 6.45) is 1.30. The molecule has 0 unspecified atom stereocenters. The van der Waals surface area contributed by atoms with Crippen LogP contribution in [0.25, 0.3) is 0 Å². The van der Waals surface area contributed by atoms with Crippen molar-refractivity contribution in [3.05, 3.63) is 23.0 Å². The molecule has 3 aliphatic heterocycles. The van der Waals surface area contributed by atoms with Crippen molar-refractivity contribution in [1.29, 1.82) is 0 Å². The summed E-state index contributed by atoms with van der Waals surface area (Å²) in [5.41, 5.74) is -2.07. The van der Waals surface area contributed by atoms with Gasteiger partial charge in [0, 0.05) is 46.3 Å². The Bertz CT molecular complexity index is 918. The van der Waals surface area contributed by atoms with Crippen molar-refractivity contribution in [1.82, 2.24) is 0 Å². The highest BCUT2D eigenvalue weighted by Gasteiger charge is 2.62. The number of carbonyl (C=O) groups is 4. The van der Waals surface area contributed by atoms with Crippen LogP contribution in [0.5, 0.6) is 0 Å². The average Bonchev–Trinajstić information content (AvgIpc) is 3.16. The molecule has 0 aromatic carbocycles. The van der Waals surface area contributed by atoms with Crippen molar-refractivity contribution >= 4 is 23.9 Å². The van der Waals surface area contributed by atoms with Crippen LogP contribution in [0.4, 0.5) is 0 Å². The first-order chi connectivity index (χ1) is 14.8. The molecule has 0 radical (unpaired) electrons. The van der Waals surface area contributed by atoms with Gasteiger partial charge in [-0.25, -0.2) is 4.79 Å². The quantitative estimate of drug-likeness (QED) is 0.451. The van der Waals surface area contributed by atoms with Crippen LogP contribution in [0.3, 0.4) is 0 Å². The molecular weight excluding hydrogens is 424 g/mol. The van der Waals surface area contributed by atoms with Crippen molar-refractivity contribution in [3.8, 4) is 0 Å². The molecule has 0 aliphatic carbocycles. The zero-order valence-corrected chi connectivity index (χ0v) is 19.1. The van der Waals surface area contributed by atoms with Crippen LogP contribution in [0.2, 0.25) is 0 Å². The van der Waals surface area contributed by atoms with E-state index in [4.69, 9.17) is 28.4 Å². The van der Waals surface area contributed by atoms with Crippen LogP contribution >= 0.6 is 0 Å². The van der Waals surface area contributed by atoms with Crippen molar-refractivity contribution < 1.29 is 47.6 Å². The lowest BCUT2D eigenvalue weighted by molar-refractivity contribution is -0.313. The fourth-order valence-corrected chi connectivity index (χ4v) is 4.60. The SMILES string of the molecule is CO[C@]12CC[C@](C)(/C=C3/OC(=O)C(COC(C)=O)=C3[C@@H](OC(C)=O)C[C@@]1(C)OC(C)=O)O2. The minimum atomic E-state index is -1.40. The summed E-state index contributed by atoms with van der Waals surface area (Å²) in [6, 6.07) is 0. The van der Waals surface area contributed by atoms with Gasteiger partial charge in [-0.2, -0.15) is 0 Å². The summed E-state index contributed by atoms with van der Waals surface area (Å²) >= 11 is 0. The first kappa shape index (κ1) is 23.9. The molecule has 0 aromatic rings. The first-order valence-electron chi connectivity index (χ1n) is 10.3. The molecule has 0 N–H and O–H groups in total. The molecule has 1 fully saturated rings. The second-order valence-electron chi connectivity index (χ2n) is 8.57. The minimum Gasteiger partial charge on any atom is -0.461 e. The van der Waals surface area contributed by atoms with Crippen LogP contribution < -0.4 is 0 Å². The highest BCUT2D eigenvalue weighted by atomic mass is 16.7. The monoisotopic (exact) mass is 452 g/mol. The van der Waals surface area contributed by atoms with Gasteiger partial charge in [-0.3, -0.25) is 14.4 Å². The Morgan fingerprint density at radius 1 is 1.09 bits per heavy atom. The number of carbonyl (C=O) groups excluding carboxylic acids is 4. The summed E-state index contributed by atoms with van der Waals surface area (Å²) < 4.78 is 33.9. The number of hydrogen-bond donors (Lipinski definition) is 0. The molecule has 0 saturated carbocycles. The molecule has 3 rings (SSSR count). The molecule has 10 heteroatoms. The second-order valence-corrected chi connectivity index (χ2v) is 8.57. The highest BCUT2D eigenvalue weighted by molar-refractivity contribution is 5.95. The summed E-state index contributed by atoms with van der Waals surface area (Å²) in [7, 11) is 1.45. The van der Waals surface area contributed by atoms with E-state index in [2.05, 4.69) is 0 Å². The zero-order valence-electron chi connectivity index (χ0n) is 19.1. The normalized spacial score (nSPS) is 35.5. The van der Waals surface area contributed by atoms with E-state index >= 15 is 0 Å². The molecule has 32 heavy (non-hydrogen) atoms. The number of methoxy groups -OCH3 is 1. The summed E-state index contributed by atoms with van der Waals surface area (Å²) in [6.45, 7) is 6.75. The van der Waals surface area contributed by atoms with Crippen LogP contribution in [-0.4, -0.2) is 60.7 Å². The third-order valence-electron chi connectivity index (χ3n) is 5.95. The van der Waals surface area contributed by atoms with Gasteiger partial charge in [0.2, 0.25) is 5.79 Å². The smallest absolute Gasteiger partial charge is 0.343 e. The Balaban J connectivity index is 2.23. The fraction of sp³-hybridized carbons (Fsp3) is 0.636. The third kappa shape index (κ3) is 4.29. The van der Waals surface area contributed by atoms with Gasteiger partial charge in [0.15, 0.2) is 5.60 Å². The van der Waals surface area contributed by atoms with Gasteiger partial charge in [-0.05, 0) is 26.3 Å². The predicted molar refractivity (Wildman–Crippen MR) is 107 cm³/mol. The van der Waals surface area contributed by atoms with Crippen LogP contribution in [0.15, 0.2) is 23.0 Å². The summed E-state index contributed by atoms with van der Waals surface area (Å²) in [5, 5.41) is 0. The van der Waals surface area contributed by atoms with Crippen molar-refractivity contribution in [2.24, 2.45) is 0 Å². The topological polar surface area (TPSA) is 124 Å². The van der Waals surface area contributed by atoms with E-state index in [0.717, 1.165) is 0 Å². The number of hydrogen-bond acceptors (Lipinski definition) is 10. The van der Waals surface area contributed by atoms with Crippen LogP contribution in [0, 0.1) is 0 Å². The van der Waals surface area contributed by atoms with Crippen molar-refractivity contribution in [2.75, 3.05) is 13.7 Å². The lowest BCUT2D eigenvalue weighted by Gasteiger charge is -2.45. The molecule has 0 spiro atoms. The van der Waals surface area contributed by atoms with Crippen LogP contribution in [-0.2, 0) is 47.6 Å². The molecule has 1 saturated heterocycles. The Labute approximate surface area is 185 Å². The molecule has 0 aromatic heterocycles. The first-order valence-corrected chi connectivity index (χ1v) is 10.3. The molecule has 3 heterocycles. The Hall–Kier alpha value is -2.72. The molecular formula is C22H28O10. The maximum Gasteiger partial charge on any atom is 0.343 e. The fourth-order valence-electron chi connectivity index (χ4n) is 4.60. The van der Waals surface area contributed by atoms with Gasteiger partial charge >= 0.3 is 23.9 Å². The maximum atomic E-state index is 12.7. The van der Waals surface area contributed by atoms with Gasteiger partial charge in [0.25, 0.3) is 0 Å². The Morgan fingerprint density at radius 2 is 1.78 bits per heavy atom. The number of esters is 4. The molecule has 2 bridgehead atoms. The van der Waals surface area contributed by atoms with Crippen molar-refractivity contribution in [2.45, 2.75) is 77.0 Å². The lowest BCUT2D eigenvalue weighted by atomic mass is 9.82. The van der Waals surface area contributed by atoms with Gasteiger partial charge in [-0.15, -0.1) is 0 Å². The highest BCUT2D eigenvalue weighted by Crippen LogP contribution is 2.52. The van der Waals surface area contributed by atoms with Crippen molar-refractivity contribution in [3.63, 3.8) is 0 Å². The minimum absolute atomic E-state index is 0.0377. The summed E-state index contributed by atoms with van der Waals surface area (Å²) in [5.74, 6) is -3.72. The van der Waals surface area contributed by atoms with E-state index in [-0.39, 0.29) is 29.9 Å². The van der Waals surface area contributed by atoms with Gasteiger partial charge in [0.1, 0.15) is 18.5 Å². The second kappa shape index (κ2) is 8.32. The van der Waals surface area contributed by atoms with E-state index in [0.29, 0.717) is 12.8 Å². The largest absolute Gasteiger partial charge is 0.461 e. The van der Waals surface area contributed by atoms with Gasteiger partial charge in [-0.1, -0.05) is 0 Å². The number of ether oxygens (including phenoxy) is 6. The van der Waals surface area contributed by atoms with E-state index in [1.165, 1.54) is 27.9 Å². The Kier molecular flexibility index (Phi) is 6.23. The third-order valence-corrected chi connectivity index (χ3v) is 5.95. The summed E-state index contributed by atoms with van der Waals surface area (Å²) in [4.78, 5) is 48.1. The average molecular weight is 452 g/mol. The van der Waals surface area contributed by atoms with E-state index in [1.807, 2.05) is 0 Å². The predicted octanol–water partition coefficient (Wildman–Crippen LogP) is 1.86. The van der Waals surface area contributed by atoms with E-state index in [1.54, 1.807) is 19.9 Å². The number of fused-ring (bicyclic) bond motifs is 3. The molecule has 10 nitrogen and oxygen atoms in total. The standard InChI is InChI=1S/C22H28O10/c1-12(23)28-11-15-18-16(30-19(15)26)9-20(4)7-8-22(27-6,32-20)21(5,31-14(3)25)10-17(18)29-13(2)24/h9,17H,7-8,10-11H2,1-6H3/b16-9+/t17-,20+,21+,22-/m0/s1.